The van der Waals surface area contributed by atoms with Crippen molar-refractivity contribution in [2.75, 3.05) is 0 Å². The molecular weight excluding hydrogens is 381 g/mol. The smallest absolute Gasteiger partial charge is 0.315 e. The molecule has 1 saturated heterocycles. The molecule has 0 radical (unpaired) electrons. The standard InChI is InChI=1S/C18H11ClFNO4S/c19-12-7-10(8-15-17(23)21-18(24)26-15)5-6-14(12)25-16(22)9-11-3-1-2-4-13(11)20/h1-8H,9H2,(H,21,23,24). The van der Waals surface area contributed by atoms with Gasteiger partial charge in [0.05, 0.1) is 16.3 Å². The Labute approximate surface area is 157 Å². The van der Waals surface area contributed by atoms with Crippen LogP contribution >= 0.6 is 23.4 Å². The van der Waals surface area contributed by atoms with Crippen molar-refractivity contribution in [3.63, 3.8) is 0 Å². The number of amides is 2. The minimum atomic E-state index is -0.653. The summed E-state index contributed by atoms with van der Waals surface area (Å²) in [4.78, 5) is 34.9. The number of esters is 1. The predicted molar refractivity (Wildman–Crippen MR) is 96.3 cm³/mol. The highest BCUT2D eigenvalue weighted by Gasteiger charge is 2.25. The van der Waals surface area contributed by atoms with Crippen LogP contribution in [0.1, 0.15) is 11.1 Å². The number of imide groups is 1. The summed E-state index contributed by atoms with van der Waals surface area (Å²) in [5, 5.41) is 1.86. The zero-order chi connectivity index (χ0) is 18.7. The van der Waals surface area contributed by atoms with E-state index in [0.29, 0.717) is 5.56 Å². The molecule has 0 atom stereocenters. The normalized spacial score (nSPS) is 15.2. The van der Waals surface area contributed by atoms with Gasteiger partial charge in [0.2, 0.25) is 0 Å². The van der Waals surface area contributed by atoms with Crippen LogP contribution in [0, 0.1) is 5.82 Å². The summed E-state index contributed by atoms with van der Waals surface area (Å²) in [5.41, 5.74) is 0.792. The lowest BCUT2D eigenvalue weighted by molar-refractivity contribution is -0.133. The van der Waals surface area contributed by atoms with Crippen LogP contribution in [-0.4, -0.2) is 17.1 Å². The van der Waals surface area contributed by atoms with E-state index in [-0.39, 0.29) is 27.7 Å². The van der Waals surface area contributed by atoms with Crippen LogP contribution in [0.15, 0.2) is 47.4 Å². The molecule has 5 nitrogen and oxygen atoms in total. The second-order valence-electron chi connectivity index (χ2n) is 5.28. The second-order valence-corrected chi connectivity index (χ2v) is 6.71. The highest BCUT2D eigenvalue weighted by molar-refractivity contribution is 8.18. The van der Waals surface area contributed by atoms with E-state index in [2.05, 4.69) is 5.32 Å². The number of nitrogens with one attached hydrogen (secondary N) is 1. The molecule has 0 aliphatic carbocycles. The fourth-order valence-electron chi connectivity index (χ4n) is 2.22. The first-order chi connectivity index (χ1) is 12.4. The number of benzene rings is 2. The zero-order valence-electron chi connectivity index (χ0n) is 13.1. The molecule has 2 aromatic rings. The highest BCUT2D eigenvalue weighted by Crippen LogP contribution is 2.30. The first-order valence-electron chi connectivity index (χ1n) is 7.41. The third-order valence-corrected chi connectivity index (χ3v) is 4.52. The Bertz CT molecular complexity index is 945. The van der Waals surface area contributed by atoms with E-state index < -0.39 is 22.9 Å². The summed E-state index contributed by atoms with van der Waals surface area (Å²) in [6, 6.07) is 10.5. The summed E-state index contributed by atoms with van der Waals surface area (Å²) >= 11 is 6.89. The molecule has 0 bridgehead atoms. The van der Waals surface area contributed by atoms with Crippen LogP contribution in [0.25, 0.3) is 6.08 Å². The molecule has 1 heterocycles. The molecular formula is C18H11ClFNO4S. The zero-order valence-corrected chi connectivity index (χ0v) is 14.7. The first kappa shape index (κ1) is 18.2. The van der Waals surface area contributed by atoms with Gasteiger partial charge in [0.25, 0.3) is 11.1 Å². The number of hydrogen-bond donors (Lipinski definition) is 1. The van der Waals surface area contributed by atoms with Crippen molar-refractivity contribution in [3.05, 3.63) is 69.3 Å². The number of rotatable bonds is 4. The fourth-order valence-corrected chi connectivity index (χ4v) is 3.13. The quantitative estimate of drug-likeness (QED) is 0.485. The molecule has 1 fully saturated rings. The average molecular weight is 392 g/mol. The Morgan fingerprint density at radius 1 is 1.23 bits per heavy atom. The Balaban J connectivity index is 1.71. The number of halogens is 2. The predicted octanol–water partition coefficient (Wildman–Crippen LogP) is 3.95. The first-order valence-corrected chi connectivity index (χ1v) is 8.60. The average Bonchev–Trinajstić information content (AvgIpc) is 2.89. The van der Waals surface area contributed by atoms with Crippen LogP contribution in [0.3, 0.4) is 0 Å². The van der Waals surface area contributed by atoms with Crippen LogP contribution < -0.4 is 10.1 Å². The van der Waals surface area contributed by atoms with Gasteiger partial charge in [-0.2, -0.15) is 0 Å². The largest absolute Gasteiger partial charge is 0.425 e. The lowest BCUT2D eigenvalue weighted by Crippen LogP contribution is -2.17. The Morgan fingerprint density at radius 2 is 2.00 bits per heavy atom. The summed E-state index contributed by atoms with van der Waals surface area (Å²) in [6.07, 6.45) is 1.27. The molecule has 0 unspecified atom stereocenters. The van der Waals surface area contributed by atoms with Crippen LogP contribution in [0.4, 0.5) is 9.18 Å². The third-order valence-electron chi connectivity index (χ3n) is 3.41. The van der Waals surface area contributed by atoms with Gasteiger partial charge >= 0.3 is 5.97 Å². The lowest BCUT2D eigenvalue weighted by Gasteiger charge is -2.08. The monoisotopic (exact) mass is 391 g/mol. The molecule has 2 amide bonds. The fraction of sp³-hybridized carbons (Fsp3) is 0.0556. The summed E-state index contributed by atoms with van der Waals surface area (Å²) in [7, 11) is 0. The van der Waals surface area contributed by atoms with E-state index >= 15 is 0 Å². The number of ether oxygens (including phenoxy) is 1. The summed E-state index contributed by atoms with van der Waals surface area (Å²) < 4.78 is 18.7. The van der Waals surface area contributed by atoms with E-state index in [1.54, 1.807) is 12.1 Å². The highest BCUT2D eigenvalue weighted by atomic mass is 35.5. The molecule has 2 aromatic carbocycles. The molecule has 3 rings (SSSR count). The van der Waals surface area contributed by atoms with Gasteiger partial charge in [-0.05, 0) is 47.2 Å². The van der Waals surface area contributed by atoms with Gasteiger partial charge < -0.3 is 4.74 Å². The van der Waals surface area contributed by atoms with Gasteiger partial charge in [0, 0.05) is 0 Å². The number of hydrogen-bond acceptors (Lipinski definition) is 5. The van der Waals surface area contributed by atoms with Crippen molar-refractivity contribution in [1.82, 2.24) is 5.32 Å². The Hall–Kier alpha value is -2.64. The second kappa shape index (κ2) is 7.72. The molecule has 1 aliphatic heterocycles. The Morgan fingerprint density at radius 3 is 2.65 bits per heavy atom. The van der Waals surface area contributed by atoms with Gasteiger partial charge in [-0.3, -0.25) is 19.7 Å². The van der Waals surface area contributed by atoms with Gasteiger partial charge in [-0.1, -0.05) is 35.9 Å². The number of thioether (sulfide) groups is 1. The lowest BCUT2D eigenvalue weighted by atomic mass is 10.1. The molecule has 0 saturated carbocycles. The van der Waals surface area contributed by atoms with Gasteiger partial charge in [-0.15, -0.1) is 0 Å². The van der Waals surface area contributed by atoms with E-state index in [9.17, 15) is 18.8 Å². The maximum atomic E-state index is 13.6. The molecule has 1 N–H and O–H groups in total. The molecule has 26 heavy (non-hydrogen) atoms. The minimum Gasteiger partial charge on any atom is -0.425 e. The topological polar surface area (TPSA) is 72.5 Å². The van der Waals surface area contributed by atoms with Crippen molar-refractivity contribution < 1.29 is 23.5 Å². The van der Waals surface area contributed by atoms with Crippen molar-refractivity contribution in [2.45, 2.75) is 6.42 Å². The van der Waals surface area contributed by atoms with Gasteiger partial charge in [0.1, 0.15) is 11.6 Å². The van der Waals surface area contributed by atoms with Crippen molar-refractivity contribution in [1.29, 1.82) is 0 Å². The van der Waals surface area contributed by atoms with Crippen molar-refractivity contribution in [2.24, 2.45) is 0 Å². The molecule has 8 heteroatoms. The summed E-state index contributed by atoms with van der Waals surface area (Å²) in [6.45, 7) is 0. The van der Waals surface area contributed by atoms with Crippen molar-refractivity contribution >= 4 is 46.6 Å². The van der Waals surface area contributed by atoms with E-state index in [0.717, 1.165) is 11.8 Å². The summed E-state index contributed by atoms with van der Waals surface area (Å²) in [5.74, 6) is -1.50. The van der Waals surface area contributed by atoms with Crippen LogP contribution in [0.2, 0.25) is 5.02 Å². The van der Waals surface area contributed by atoms with E-state index in [1.807, 2.05) is 0 Å². The molecule has 0 spiro atoms. The van der Waals surface area contributed by atoms with Crippen molar-refractivity contribution in [3.8, 4) is 5.75 Å². The number of carbonyl (C=O) groups is 3. The maximum absolute atomic E-state index is 13.6. The molecule has 0 aromatic heterocycles. The van der Waals surface area contributed by atoms with Gasteiger partial charge in [-0.25, -0.2) is 4.39 Å². The SMILES string of the molecule is O=C(Cc1ccccc1F)Oc1ccc(C=C2SC(=O)NC2=O)cc1Cl. The van der Waals surface area contributed by atoms with Crippen LogP contribution in [-0.2, 0) is 16.0 Å². The minimum absolute atomic E-state index is 0.120. The molecule has 1 aliphatic rings. The van der Waals surface area contributed by atoms with E-state index in [1.165, 1.54) is 36.4 Å². The van der Waals surface area contributed by atoms with Crippen LogP contribution in [0.5, 0.6) is 5.75 Å². The third kappa shape index (κ3) is 4.30. The van der Waals surface area contributed by atoms with E-state index in [4.69, 9.17) is 16.3 Å². The molecule has 132 valence electrons. The Kier molecular flexibility index (Phi) is 5.39. The number of carbonyl (C=O) groups excluding carboxylic acids is 3. The van der Waals surface area contributed by atoms with Gasteiger partial charge in [0.15, 0.2) is 0 Å². The maximum Gasteiger partial charge on any atom is 0.315 e.